The van der Waals surface area contributed by atoms with Gasteiger partial charge in [0.15, 0.2) is 0 Å². The Morgan fingerprint density at radius 1 is 1.34 bits per heavy atom. The molecule has 2 heterocycles. The molecule has 0 saturated heterocycles. The maximum absolute atomic E-state index is 13.5. The van der Waals surface area contributed by atoms with Gasteiger partial charge in [-0.2, -0.15) is 13.5 Å². The van der Waals surface area contributed by atoms with Crippen molar-refractivity contribution < 1.29 is 26.9 Å². The van der Waals surface area contributed by atoms with Crippen molar-refractivity contribution >= 4 is 37.8 Å². The highest BCUT2D eigenvalue weighted by Crippen LogP contribution is 2.30. The van der Waals surface area contributed by atoms with Crippen molar-refractivity contribution in [2.24, 2.45) is 11.1 Å². The van der Waals surface area contributed by atoms with E-state index in [0.29, 0.717) is 23.9 Å². The average molecular weight is 569 g/mol. The van der Waals surface area contributed by atoms with Gasteiger partial charge in [0.25, 0.3) is 0 Å². The fourth-order valence-corrected chi connectivity index (χ4v) is 4.71. The van der Waals surface area contributed by atoms with E-state index in [-0.39, 0.29) is 35.5 Å². The number of anilines is 1. The minimum Gasteiger partial charge on any atom is -0.393 e. The van der Waals surface area contributed by atoms with Crippen LogP contribution in [-0.4, -0.2) is 57.8 Å². The molecule has 35 heavy (non-hydrogen) atoms. The molecule has 1 aromatic carbocycles. The summed E-state index contributed by atoms with van der Waals surface area (Å²) in [6, 6.07) is 5.91. The van der Waals surface area contributed by atoms with E-state index >= 15 is 0 Å². The topological polar surface area (TPSA) is 162 Å². The highest BCUT2D eigenvalue weighted by Gasteiger charge is 2.34. The van der Waals surface area contributed by atoms with E-state index < -0.39 is 28.1 Å². The zero-order valence-corrected chi connectivity index (χ0v) is 20.6. The number of carbonyl (C=O) groups is 1. The average Bonchev–Trinajstić information content (AvgIpc) is 3.40. The molecule has 0 radical (unpaired) electrons. The molecule has 1 fully saturated rings. The van der Waals surface area contributed by atoms with E-state index in [9.17, 15) is 22.7 Å². The minimum absolute atomic E-state index is 0.176. The van der Waals surface area contributed by atoms with Gasteiger partial charge in [0, 0.05) is 24.4 Å². The van der Waals surface area contributed by atoms with Gasteiger partial charge in [-0.15, -0.1) is 0 Å². The Labute approximate surface area is 208 Å². The number of aliphatic hydroxyl groups is 1. The van der Waals surface area contributed by atoms with Crippen molar-refractivity contribution in [1.29, 1.82) is 0 Å². The fraction of sp³-hybridized carbons (Fsp3) is 0.333. The van der Waals surface area contributed by atoms with E-state index in [0.717, 1.165) is 5.56 Å². The van der Waals surface area contributed by atoms with E-state index in [4.69, 9.17) is 5.14 Å². The Balaban J connectivity index is 1.44. The number of nitrogens with two attached hydrogens (primary N) is 1. The summed E-state index contributed by atoms with van der Waals surface area (Å²) >= 11 is 3.15. The molecule has 186 valence electrons. The van der Waals surface area contributed by atoms with Crippen LogP contribution >= 0.6 is 15.9 Å². The first kappa shape index (κ1) is 25.3. The van der Waals surface area contributed by atoms with Crippen molar-refractivity contribution in [3.63, 3.8) is 0 Å². The number of ketones is 1. The Hall–Kier alpha value is -2.78. The quantitative estimate of drug-likeness (QED) is 0.325. The molecule has 0 spiro atoms. The normalized spacial score (nSPS) is 20.2. The third-order valence-corrected chi connectivity index (χ3v) is 6.68. The Morgan fingerprint density at radius 2 is 2.14 bits per heavy atom. The number of carbonyl (C=O) groups excluding carboxylic acids is 1. The summed E-state index contributed by atoms with van der Waals surface area (Å²) in [5.41, 5.74) is 1.17. The second-order valence-corrected chi connectivity index (χ2v) is 10.3. The number of hydrogen-bond donors (Lipinski definition) is 3. The van der Waals surface area contributed by atoms with Crippen molar-refractivity contribution in [2.45, 2.75) is 31.5 Å². The van der Waals surface area contributed by atoms with Crippen LogP contribution in [-0.2, 0) is 21.0 Å². The molecule has 14 heteroatoms. The molecular weight excluding hydrogens is 547 g/mol. The number of nitrogens with zero attached hydrogens (tertiary/aromatic N) is 4. The Bertz CT molecular complexity index is 1340. The van der Waals surface area contributed by atoms with Crippen LogP contribution in [0.1, 0.15) is 34.5 Å². The summed E-state index contributed by atoms with van der Waals surface area (Å²) in [4.78, 5) is 21.3. The van der Waals surface area contributed by atoms with Gasteiger partial charge in [0.05, 0.1) is 29.3 Å². The van der Waals surface area contributed by atoms with Crippen molar-refractivity contribution in [2.75, 3.05) is 11.9 Å². The standard InChI is InChI=1S/C21H22BrFN6O5S/c22-16-5-12(1-2-17(16)23)9-29-4-3-18(28-29)20(31)15-8-25-11-26-21(15)27-14-6-13(19(30)7-14)10-34-35(24,32)33/h1-5,8,11,13-14,19,30H,6-7,9-10H2,(H2,24,32,33)(H,25,26,27)/t13-,14-,19+/m1/s1. The number of hydrogen-bond acceptors (Lipinski definition) is 9. The largest absolute Gasteiger partial charge is 0.393 e. The maximum Gasteiger partial charge on any atom is 0.333 e. The predicted molar refractivity (Wildman–Crippen MR) is 126 cm³/mol. The first-order chi connectivity index (χ1) is 16.6. The smallest absolute Gasteiger partial charge is 0.333 e. The van der Waals surface area contributed by atoms with Gasteiger partial charge in [0.2, 0.25) is 5.78 Å². The second kappa shape index (κ2) is 10.5. The third-order valence-electron chi connectivity index (χ3n) is 5.60. The highest BCUT2D eigenvalue weighted by atomic mass is 79.9. The molecule has 3 aromatic rings. The van der Waals surface area contributed by atoms with Gasteiger partial charge in [-0.05, 0) is 52.5 Å². The van der Waals surface area contributed by atoms with Crippen LogP contribution in [0, 0.1) is 11.7 Å². The lowest BCUT2D eigenvalue weighted by Gasteiger charge is -2.15. The third kappa shape index (κ3) is 6.46. The van der Waals surface area contributed by atoms with Gasteiger partial charge in [0.1, 0.15) is 23.7 Å². The highest BCUT2D eigenvalue weighted by molar-refractivity contribution is 9.10. The summed E-state index contributed by atoms with van der Waals surface area (Å²) in [6.45, 7) is 0.0975. The van der Waals surface area contributed by atoms with Crippen LogP contribution in [0.25, 0.3) is 0 Å². The van der Waals surface area contributed by atoms with Crippen LogP contribution in [0.4, 0.5) is 10.2 Å². The number of aromatic nitrogens is 4. The zero-order chi connectivity index (χ0) is 25.2. The van der Waals surface area contributed by atoms with Crippen molar-refractivity contribution in [1.82, 2.24) is 19.7 Å². The summed E-state index contributed by atoms with van der Waals surface area (Å²) < 4.78 is 42.0. The van der Waals surface area contributed by atoms with Gasteiger partial charge in [-0.3, -0.25) is 13.7 Å². The summed E-state index contributed by atoms with van der Waals surface area (Å²) in [5.74, 6) is -0.951. The fourth-order valence-electron chi connectivity index (χ4n) is 3.92. The molecular formula is C21H22BrFN6O5S. The molecule has 0 unspecified atom stereocenters. The number of halogens is 2. The van der Waals surface area contributed by atoms with Gasteiger partial charge < -0.3 is 10.4 Å². The Morgan fingerprint density at radius 3 is 2.89 bits per heavy atom. The molecule has 1 aliphatic rings. The zero-order valence-electron chi connectivity index (χ0n) is 18.2. The molecule has 0 bridgehead atoms. The second-order valence-electron chi connectivity index (χ2n) is 8.18. The monoisotopic (exact) mass is 568 g/mol. The molecule has 1 saturated carbocycles. The number of rotatable bonds is 9. The van der Waals surface area contributed by atoms with Crippen LogP contribution in [0.5, 0.6) is 0 Å². The molecule has 2 aromatic heterocycles. The molecule has 4 rings (SSSR count). The Kier molecular flexibility index (Phi) is 7.56. The van der Waals surface area contributed by atoms with Crippen LogP contribution in [0.3, 0.4) is 0 Å². The number of nitrogens with one attached hydrogen (secondary N) is 1. The van der Waals surface area contributed by atoms with E-state index in [2.05, 4.69) is 40.5 Å². The molecule has 1 aliphatic carbocycles. The lowest BCUT2D eigenvalue weighted by atomic mass is 10.1. The minimum atomic E-state index is -4.11. The van der Waals surface area contributed by atoms with Crippen molar-refractivity contribution in [3.8, 4) is 0 Å². The molecule has 4 N–H and O–H groups in total. The summed E-state index contributed by atoms with van der Waals surface area (Å²) in [7, 11) is -4.11. The SMILES string of the molecule is NS(=O)(=O)OC[C@H]1C[C@@H](Nc2ncncc2C(=O)c2ccn(Cc3ccc(F)c(Br)c3)n2)C[C@@H]1O. The number of benzene rings is 1. The van der Waals surface area contributed by atoms with Crippen LogP contribution in [0.2, 0.25) is 0 Å². The lowest BCUT2D eigenvalue weighted by molar-refractivity contribution is 0.101. The molecule has 0 aliphatic heterocycles. The number of aliphatic hydroxyl groups excluding tert-OH is 1. The van der Waals surface area contributed by atoms with Crippen molar-refractivity contribution in [3.05, 3.63) is 70.1 Å². The van der Waals surface area contributed by atoms with Gasteiger partial charge in [-0.25, -0.2) is 19.5 Å². The molecule has 3 atom stereocenters. The first-order valence-corrected chi connectivity index (χ1v) is 12.8. The lowest BCUT2D eigenvalue weighted by Crippen LogP contribution is -2.24. The summed E-state index contributed by atoms with van der Waals surface area (Å²) in [5, 5.41) is 22.6. The summed E-state index contributed by atoms with van der Waals surface area (Å²) in [6.07, 6.45) is 4.19. The predicted octanol–water partition coefficient (Wildman–Crippen LogP) is 1.63. The van der Waals surface area contributed by atoms with Gasteiger partial charge >= 0.3 is 10.3 Å². The van der Waals surface area contributed by atoms with Crippen LogP contribution in [0.15, 0.2) is 47.5 Å². The molecule has 0 amide bonds. The first-order valence-electron chi connectivity index (χ1n) is 10.5. The maximum atomic E-state index is 13.5. The van der Waals surface area contributed by atoms with E-state index in [1.54, 1.807) is 29.1 Å². The van der Waals surface area contributed by atoms with E-state index in [1.165, 1.54) is 18.6 Å². The molecule has 11 nitrogen and oxygen atoms in total. The van der Waals surface area contributed by atoms with Gasteiger partial charge in [-0.1, -0.05) is 6.07 Å². The van der Waals surface area contributed by atoms with Crippen LogP contribution < -0.4 is 10.5 Å². The van der Waals surface area contributed by atoms with E-state index in [1.807, 2.05) is 0 Å².